The van der Waals surface area contributed by atoms with Crippen molar-refractivity contribution in [3.8, 4) is 0 Å². The van der Waals surface area contributed by atoms with Gasteiger partial charge in [-0.25, -0.2) is 0 Å². The zero-order valence-corrected chi connectivity index (χ0v) is 13.6. The number of rotatable bonds is 4. The van der Waals surface area contributed by atoms with Crippen LogP contribution in [-0.2, 0) is 6.42 Å². The monoisotopic (exact) mass is 294 g/mol. The molecule has 1 fully saturated rings. The maximum absolute atomic E-state index is 3.40. The minimum Gasteiger partial charge on any atom is -0.361 e. The van der Waals surface area contributed by atoms with Crippen molar-refractivity contribution < 1.29 is 0 Å². The highest BCUT2D eigenvalue weighted by Crippen LogP contribution is 2.38. The number of benzene rings is 1. The number of H-pyrrole nitrogens is 1. The molecule has 1 N–H and O–H groups in total. The number of nitrogens with zero attached hydrogens (tertiary/aromatic N) is 1. The van der Waals surface area contributed by atoms with Crippen LogP contribution in [0.3, 0.4) is 0 Å². The standard InChI is InChI=1S/C20H26N2/c1-14(2)18-11-15-7-8-20(18)22(13-15)10-9-16-12-21-19-6-4-3-5-17(16)19/h3-8,12,14-15,18,20-21H,9-11,13H2,1-2H3. The molecule has 2 bridgehead atoms. The molecule has 2 aromatic rings. The second-order valence-electron chi connectivity index (χ2n) is 7.38. The Kier molecular flexibility index (Phi) is 3.57. The molecular formula is C20H26N2. The lowest BCUT2D eigenvalue weighted by Crippen LogP contribution is -2.52. The van der Waals surface area contributed by atoms with Crippen LogP contribution >= 0.6 is 0 Å². The van der Waals surface area contributed by atoms with E-state index in [1.165, 1.54) is 36.0 Å². The Morgan fingerprint density at radius 2 is 2.09 bits per heavy atom. The van der Waals surface area contributed by atoms with Crippen LogP contribution in [0.15, 0.2) is 42.6 Å². The summed E-state index contributed by atoms with van der Waals surface area (Å²) in [6, 6.07) is 9.30. The maximum Gasteiger partial charge on any atom is 0.0456 e. The first-order chi connectivity index (χ1) is 10.7. The largest absolute Gasteiger partial charge is 0.361 e. The summed E-state index contributed by atoms with van der Waals surface area (Å²) in [5, 5.41) is 1.39. The average Bonchev–Trinajstić information content (AvgIpc) is 2.96. The van der Waals surface area contributed by atoms with Crippen LogP contribution in [0.25, 0.3) is 10.9 Å². The lowest BCUT2D eigenvalue weighted by Gasteiger charge is -2.48. The van der Waals surface area contributed by atoms with Crippen LogP contribution in [0.4, 0.5) is 0 Å². The van der Waals surface area contributed by atoms with Gasteiger partial charge in [-0.1, -0.05) is 44.2 Å². The van der Waals surface area contributed by atoms with Crippen LogP contribution in [0.1, 0.15) is 25.8 Å². The molecule has 116 valence electrons. The summed E-state index contributed by atoms with van der Waals surface area (Å²) in [5.74, 6) is 2.40. The van der Waals surface area contributed by atoms with E-state index in [2.05, 4.69) is 66.3 Å². The molecule has 0 saturated carbocycles. The fourth-order valence-electron chi connectivity index (χ4n) is 4.44. The molecule has 3 unspecified atom stereocenters. The summed E-state index contributed by atoms with van der Waals surface area (Å²) in [5.41, 5.74) is 2.72. The molecule has 2 heteroatoms. The van der Waals surface area contributed by atoms with Crippen molar-refractivity contribution in [3.05, 3.63) is 48.2 Å². The summed E-state index contributed by atoms with van der Waals surface area (Å²) in [6.45, 7) is 7.21. The van der Waals surface area contributed by atoms with E-state index in [1.54, 1.807) is 0 Å². The van der Waals surface area contributed by atoms with Crippen LogP contribution < -0.4 is 0 Å². The van der Waals surface area contributed by atoms with E-state index in [0.29, 0.717) is 6.04 Å². The number of para-hydroxylation sites is 1. The van der Waals surface area contributed by atoms with Gasteiger partial charge in [0.2, 0.25) is 0 Å². The molecule has 3 aliphatic rings. The molecule has 0 amide bonds. The molecule has 1 aromatic carbocycles. The average molecular weight is 294 g/mol. The fraction of sp³-hybridized carbons (Fsp3) is 0.500. The van der Waals surface area contributed by atoms with Gasteiger partial charge in [0.05, 0.1) is 0 Å². The number of piperidine rings is 1. The Hall–Kier alpha value is -1.54. The van der Waals surface area contributed by atoms with Crippen molar-refractivity contribution in [1.82, 2.24) is 9.88 Å². The maximum atomic E-state index is 3.40. The van der Waals surface area contributed by atoms with Crippen molar-refractivity contribution in [2.75, 3.05) is 13.1 Å². The third-order valence-corrected chi connectivity index (χ3v) is 5.68. The van der Waals surface area contributed by atoms with Crippen molar-refractivity contribution in [3.63, 3.8) is 0 Å². The molecular weight excluding hydrogens is 268 g/mol. The van der Waals surface area contributed by atoms with Crippen LogP contribution in [0, 0.1) is 17.8 Å². The van der Waals surface area contributed by atoms with Crippen LogP contribution in [0.2, 0.25) is 0 Å². The number of hydrogen-bond acceptors (Lipinski definition) is 1. The molecule has 2 aliphatic heterocycles. The predicted octanol–water partition coefficient (Wildman–Crippen LogP) is 4.24. The first kappa shape index (κ1) is 14.1. The Morgan fingerprint density at radius 3 is 2.91 bits per heavy atom. The van der Waals surface area contributed by atoms with E-state index in [0.717, 1.165) is 24.2 Å². The van der Waals surface area contributed by atoms with Crippen molar-refractivity contribution >= 4 is 10.9 Å². The molecule has 1 saturated heterocycles. The van der Waals surface area contributed by atoms with E-state index in [4.69, 9.17) is 0 Å². The molecule has 0 spiro atoms. The summed E-state index contributed by atoms with van der Waals surface area (Å²) in [4.78, 5) is 6.13. The highest BCUT2D eigenvalue weighted by Gasteiger charge is 2.38. The third kappa shape index (κ3) is 2.40. The Balaban J connectivity index is 1.49. The first-order valence-electron chi connectivity index (χ1n) is 8.70. The van der Waals surface area contributed by atoms with Gasteiger partial charge in [0.25, 0.3) is 0 Å². The molecule has 1 aliphatic carbocycles. The van der Waals surface area contributed by atoms with E-state index in [9.17, 15) is 0 Å². The second-order valence-corrected chi connectivity index (χ2v) is 7.38. The minimum atomic E-state index is 0.662. The van der Waals surface area contributed by atoms with Gasteiger partial charge in [0, 0.05) is 36.2 Å². The van der Waals surface area contributed by atoms with E-state index in [1.807, 2.05) is 0 Å². The molecule has 22 heavy (non-hydrogen) atoms. The zero-order chi connectivity index (χ0) is 15.1. The van der Waals surface area contributed by atoms with Crippen molar-refractivity contribution in [1.29, 1.82) is 0 Å². The van der Waals surface area contributed by atoms with Crippen molar-refractivity contribution in [2.24, 2.45) is 17.8 Å². The topological polar surface area (TPSA) is 19.0 Å². The van der Waals surface area contributed by atoms with Gasteiger partial charge in [-0.05, 0) is 42.2 Å². The number of nitrogens with one attached hydrogen (secondary N) is 1. The summed E-state index contributed by atoms with van der Waals surface area (Å²) < 4.78 is 0. The van der Waals surface area contributed by atoms with E-state index >= 15 is 0 Å². The second kappa shape index (κ2) is 5.58. The van der Waals surface area contributed by atoms with Gasteiger partial charge in [0.15, 0.2) is 0 Å². The minimum absolute atomic E-state index is 0.662. The van der Waals surface area contributed by atoms with Crippen LogP contribution in [0.5, 0.6) is 0 Å². The number of aromatic nitrogens is 1. The van der Waals surface area contributed by atoms with Crippen molar-refractivity contribution in [2.45, 2.75) is 32.7 Å². The molecule has 3 atom stereocenters. The molecule has 5 rings (SSSR count). The smallest absolute Gasteiger partial charge is 0.0456 e. The Bertz CT molecular complexity index is 682. The lowest BCUT2D eigenvalue weighted by atomic mass is 9.72. The fourth-order valence-corrected chi connectivity index (χ4v) is 4.44. The van der Waals surface area contributed by atoms with E-state index in [-0.39, 0.29) is 0 Å². The Morgan fingerprint density at radius 1 is 1.23 bits per heavy atom. The summed E-state index contributed by atoms with van der Waals surface area (Å²) >= 11 is 0. The highest BCUT2D eigenvalue weighted by atomic mass is 15.2. The lowest BCUT2D eigenvalue weighted by molar-refractivity contribution is 0.0612. The highest BCUT2D eigenvalue weighted by molar-refractivity contribution is 5.83. The molecule has 0 radical (unpaired) electrons. The van der Waals surface area contributed by atoms with Gasteiger partial charge in [-0.2, -0.15) is 0 Å². The third-order valence-electron chi connectivity index (χ3n) is 5.68. The number of hydrogen-bond donors (Lipinski definition) is 1. The normalized spacial score (nSPS) is 28.0. The summed E-state index contributed by atoms with van der Waals surface area (Å²) in [6.07, 6.45) is 9.68. The SMILES string of the molecule is CC(C)C1CC2C=CC1N(CCc1c[nH]c3ccccc13)C2. The van der Waals surface area contributed by atoms with E-state index < -0.39 is 0 Å². The van der Waals surface area contributed by atoms with Gasteiger partial charge >= 0.3 is 0 Å². The molecule has 3 heterocycles. The Labute approximate surface area is 133 Å². The van der Waals surface area contributed by atoms with Crippen LogP contribution in [-0.4, -0.2) is 29.0 Å². The van der Waals surface area contributed by atoms with Gasteiger partial charge in [0.1, 0.15) is 0 Å². The number of aromatic amines is 1. The predicted molar refractivity (Wildman–Crippen MR) is 92.9 cm³/mol. The van der Waals surface area contributed by atoms with Gasteiger partial charge in [-0.3, -0.25) is 4.90 Å². The first-order valence-corrected chi connectivity index (χ1v) is 8.70. The quantitative estimate of drug-likeness (QED) is 0.836. The van der Waals surface area contributed by atoms with Gasteiger partial charge < -0.3 is 4.98 Å². The molecule has 2 nitrogen and oxygen atoms in total. The van der Waals surface area contributed by atoms with Gasteiger partial charge in [-0.15, -0.1) is 0 Å². The summed E-state index contributed by atoms with van der Waals surface area (Å²) in [7, 11) is 0. The number of fused-ring (bicyclic) bond motifs is 3. The molecule has 1 aromatic heterocycles. The zero-order valence-electron chi connectivity index (χ0n) is 13.6.